The second kappa shape index (κ2) is 9.14. The average Bonchev–Trinajstić information content (AvgIpc) is 2.58. The molecule has 0 unspecified atom stereocenters. The van der Waals surface area contributed by atoms with Crippen molar-refractivity contribution in [3.63, 3.8) is 0 Å². The summed E-state index contributed by atoms with van der Waals surface area (Å²) >= 11 is 0. The minimum absolute atomic E-state index is 0.127. The zero-order chi connectivity index (χ0) is 19.0. The number of likely N-dealkylation sites (N-methyl/N-ethyl adjacent to an activating group) is 1. The van der Waals surface area contributed by atoms with Crippen LogP contribution >= 0.6 is 0 Å². The lowest BCUT2D eigenvalue weighted by Crippen LogP contribution is -2.33. The Morgan fingerprint density at radius 2 is 1.68 bits per heavy atom. The van der Waals surface area contributed by atoms with Crippen molar-refractivity contribution in [2.45, 2.75) is 11.8 Å². The number of sulfonamides is 1. The number of amides is 1. The van der Waals surface area contributed by atoms with Crippen LogP contribution in [0.15, 0.2) is 29.2 Å². The van der Waals surface area contributed by atoms with Crippen molar-refractivity contribution in [1.29, 1.82) is 0 Å². The van der Waals surface area contributed by atoms with E-state index in [9.17, 15) is 22.8 Å². The Kier molecular flexibility index (Phi) is 7.52. The third kappa shape index (κ3) is 6.51. The Hall–Kier alpha value is -2.46. The lowest BCUT2D eigenvalue weighted by atomic mass is 10.2. The van der Waals surface area contributed by atoms with Gasteiger partial charge < -0.3 is 14.4 Å². The standard InChI is InChI=1S/C15H20N2O7S/c1-4-23-15(20)11-5-7-12(8-6-11)25(21,22)16-9-14(19)24-10-13(18)17(2)3/h5-8,16H,4,9-10H2,1-3H3. The summed E-state index contributed by atoms with van der Waals surface area (Å²) in [6.07, 6.45) is 0. The number of ether oxygens (including phenoxy) is 2. The maximum atomic E-state index is 12.1. The highest BCUT2D eigenvalue weighted by molar-refractivity contribution is 7.89. The number of hydrogen-bond donors (Lipinski definition) is 1. The van der Waals surface area contributed by atoms with Crippen molar-refractivity contribution < 1.29 is 32.3 Å². The van der Waals surface area contributed by atoms with Crippen LogP contribution in [0.4, 0.5) is 0 Å². The van der Waals surface area contributed by atoms with Gasteiger partial charge in [0.05, 0.1) is 17.1 Å². The van der Waals surface area contributed by atoms with Gasteiger partial charge in [0.25, 0.3) is 5.91 Å². The second-order valence-electron chi connectivity index (χ2n) is 5.02. The molecule has 0 spiro atoms. The number of carbonyl (C=O) groups excluding carboxylic acids is 3. The maximum Gasteiger partial charge on any atom is 0.338 e. The Morgan fingerprint density at radius 1 is 1.08 bits per heavy atom. The van der Waals surface area contributed by atoms with Crippen LogP contribution in [-0.4, -0.2) is 65.0 Å². The average molecular weight is 372 g/mol. The molecule has 9 nitrogen and oxygen atoms in total. The summed E-state index contributed by atoms with van der Waals surface area (Å²) < 4.78 is 35.7. The minimum Gasteiger partial charge on any atom is -0.462 e. The van der Waals surface area contributed by atoms with Crippen molar-refractivity contribution >= 4 is 27.9 Å². The third-order valence-corrected chi connectivity index (χ3v) is 4.35. The summed E-state index contributed by atoms with van der Waals surface area (Å²) in [5.41, 5.74) is 0.211. The van der Waals surface area contributed by atoms with Crippen molar-refractivity contribution in [2.75, 3.05) is 33.9 Å². The van der Waals surface area contributed by atoms with E-state index >= 15 is 0 Å². The van der Waals surface area contributed by atoms with Crippen LogP contribution < -0.4 is 4.72 Å². The molecule has 1 rings (SSSR count). The Morgan fingerprint density at radius 3 is 2.20 bits per heavy atom. The van der Waals surface area contributed by atoms with Crippen LogP contribution in [0, 0.1) is 0 Å². The molecule has 1 aromatic rings. The van der Waals surface area contributed by atoms with E-state index < -0.39 is 41.0 Å². The fourth-order valence-corrected chi connectivity index (χ4v) is 2.51. The lowest BCUT2D eigenvalue weighted by molar-refractivity contribution is -0.149. The molecule has 0 saturated heterocycles. The zero-order valence-corrected chi connectivity index (χ0v) is 15.0. The molecular weight excluding hydrogens is 352 g/mol. The molecule has 0 aromatic heterocycles. The second-order valence-corrected chi connectivity index (χ2v) is 6.79. The molecular formula is C15H20N2O7S. The molecule has 1 N–H and O–H groups in total. The molecule has 0 heterocycles. The van der Waals surface area contributed by atoms with Gasteiger partial charge in [-0.2, -0.15) is 4.72 Å². The van der Waals surface area contributed by atoms with E-state index in [-0.39, 0.29) is 17.1 Å². The Labute approximate surface area is 145 Å². The normalized spacial score (nSPS) is 10.8. The monoisotopic (exact) mass is 372 g/mol. The predicted molar refractivity (Wildman–Crippen MR) is 87.2 cm³/mol. The van der Waals surface area contributed by atoms with Crippen molar-refractivity contribution in [2.24, 2.45) is 0 Å². The summed E-state index contributed by atoms with van der Waals surface area (Å²) in [6, 6.07) is 5.05. The van der Waals surface area contributed by atoms with Crippen molar-refractivity contribution in [3.8, 4) is 0 Å². The minimum atomic E-state index is -3.96. The third-order valence-electron chi connectivity index (χ3n) is 2.94. The van der Waals surface area contributed by atoms with Gasteiger partial charge in [-0.15, -0.1) is 0 Å². The molecule has 138 valence electrons. The van der Waals surface area contributed by atoms with Crippen LogP contribution in [0.25, 0.3) is 0 Å². The molecule has 0 radical (unpaired) electrons. The number of nitrogens with zero attached hydrogens (tertiary/aromatic N) is 1. The molecule has 1 amide bonds. The van der Waals surface area contributed by atoms with E-state index in [0.717, 1.165) is 0 Å². The maximum absolute atomic E-state index is 12.1. The topological polar surface area (TPSA) is 119 Å². The summed E-state index contributed by atoms with van der Waals surface area (Å²) in [5, 5.41) is 0. The van der Waals surface area contributed by atoms with Crippen LogP contribution in [0.1, 0.15) is 17.3 Å². The first kappa shape index (κ1) is 20.6. The number of hydrogen-bond acceptors (Lipinski definition) is 7. The summed E-state index contributed by atoms with van der Waals surface area (Å²) in [5.74, 6) is -1.87. The van der Waals surface area contributed by atoms with Gasteiger partial charge in [-0.3, -0.25) is 9.59 Å². The van der Waals surface area contributed by atoms with Gasteiger partial charge in [-0.25, -0.2) is 13.2 Å². The highest BCUT2D eigenvalue weighted by atomic mass is 32.2. The number of benzene rings is 1. The van der Waals surface area contributed by atoms with Crippen molar-refractivity contribution in [1.82, 2.24) is 9.62 Å². The molecule has 0 aliphatic heterocycles. The molecule has 0 aliphatic rings. The van der Waals surface area contributed by atoms with E-state index in [4.69, 9.17) is 4.74 Å². The first-order chi connectivity index (χ1) is 11.7. The van der Waals surface area contributed by atoms with E-state index in [1.165, 1.54) is 43.3 Å². The van der Waals surface area contributed by atoms with E-state index in [2.05, 4.69) is 9.46 Å². The van der Waals surface area contributed by atoms with Crippen LogP contribution in [0.2, 0.25) is 0 Å². The summed E-state index contributed by atoms with van der Waals surface area (Å²) in [6.45, 7) is 0.773. The van der Waals surface area contributed by atoms with Gasteiger partial charge in [0, 0.05) is 14.1 Å². The van der Waals surface area contributed by atoms with Gasteiger partial charge in [0.15, 0.2) is 6.61 Å². The molecule has 25 heavy (non-hydrogen) atoms. The zero-order valence-electron chi connectivity index (χ0n) is 14.1. The number of rotatable bonds is 8. The van der Waals surface area contributed by atoms with Gasteiger partial charge in [0.2, 0.25) is 10.0 Å². The summed E-state index contributed by atoms with van der Waals surface area (Å²) in [4.78, 5) is 35.4. The quantitative estimate of drug-likeness (QED) is 0.626. The molecule has 0 bridgehead atoms. The van der Waals surface area contributed by atoms with Gasteiger partial charge in [-0.05, 0) is 31.2 Å². The summed E-state index contributed by atoms with van der Waals surface area (Å²) in [7, 11) is -0.966. The van der Waals surface area contributed by atoms with E-state index in [1.54, 1.807) is 6.92 Å². The first-order valence-corrected chi connectivity index (χ1v) is 8.78. The fourth-order valence-electron chi connectivity index (χ4n) is 1.54. The molecule has 0 atom stereocenters. The molecule has 0 fully saturated rings. The highest BCUT2D eigenvalue weighted by Crippen LogP contribution is 2.11. The Balaban J connectivity index is 2.62. The largest absolute Gasteiger partial charge is 0.462 e. The van der Waals surface area contributed by atoms with Crippen LogP contribution in [0.3, 0.4) is 0 Å². The van der Waals surface area contributed by atoms with E-state index in [1.807, 2.05) is 0 Å². The number of esters is 2. The lowest BCUT2D eigenvalue weighted by Gasteiger charge is -2.11. The Bertz CT molecular complexity index is 727. The van der Waals surface area contributed by atoms with Gasteiger partial charge in [-0.1, -0.05) is 0 Å². The highest BCUT2D eigenvalue weighted by Gasteiger charge is 2.18. The molecule has 0 saturated carbocycles. The van der Waals surface area contributed by atoms with Crippen LogP contribution in [-0.2, 0) is 29.1 Å². The molecule has 1 aromatic carbocycles. The smallest absolute Gasteiger partial charge is 0.338 e. The van der Waals surface area contributed by atoms with Gasteiger partial charge >= 0.3 is 11.9 Å². The predicted octanol–water partition coefficient (Wildman–Crippen LogP) is -0.227. The van der Waals surface area contributed by atoms with Crippen LogP contribution in [0.5, 0.6) is 0 Å². The van der Waals surface area contributed by atoms with Gasteiger partial charge in [0.1, 0.15) is 6.54 Å². The SMILES string of the molecule is CCOC(=O)c1ccc(S(=O)(=O)NCC(=O)OCC(=O)N(C)C)cc1. The number of nitrogens with one attached hydrogen (secondary N) is 1. The molecule has 0 aliphatic carbocycles. The number of carbonyl (C=O) groups is 3. The fraction of sp³-hybridized carbons (Fsp3) is 0.400. The van der Waals surface area contributed by atoms with Crippen molar-refractivity contribution in [3.05, 3.63) is 29.8 Å². The molecule has 10 heteroatoms. The first-order valence-electron chi connectivity index (χ1n) is 7.30. The van der Waals surface area contributed by atoms with E-state index in [0.29, 0.717) is 0 Å².